The maximum atomic E-state index is 12.0. The van der Waals surface area contributed by atoms with Crippen molar-refractivity contribution in [1.82, 2.24) is 4.90 Å². The molecule has 0 bridgehead atoms. The lowest BCUT2D eigenvalue weighted by Crippen LogP contribution is -2.40. The lowest BCUT2D eigenvalue weighted by atomic mass is 9.82. The van der Waals surface area contributed by atoms with Crippen LogP contribution in [0.3, 0.4) is 0 Å². The normalized spacial score (nSPS) is 21.2. The highest BCUT2D eigenvalue weighted by Crippen LogP contribution is 2.33. The summed E-state index contributed by atoms with van der Waals surface area (Å²) in [5.74, 6) is 0.268. The highest BCUT2D eigenvalue weighted by atomic mass is 35.5. The van der Waals surface area contributed by atoms with Gasteiger partial charge in [0, 0.05) is 11.6 Å². The van der Waals surface area contributed by atoms with Crippen LogP contribution in [0.1, 0.15) is 12.8 Å². The van der Waals surface area contributed by atoms with Crippen molar-refractivity contribution in [3.63, 3.8) is 0 Å². The predicted octanol–water partition coefficient (Wildman–Crippen LogP) is 3.29. The fourth-order valence-electron chi connectivity index (χ4n) is 2.44. The Morgan fingerprint density at radius 1 is 1.33 bits per heavy atom. The van der Waals surface area contributed by atoms with Crippen molar-refractivity contribution >= 4 is 46.4 Å². The van der Waals surface area contributed by atoms with Gasteiger partial charge in [0.25, 0.3) is 0 Å². The second-order valence-electron chi connectivity index (χ2n) is 5.48. The lowest BCUT2D eigenvalue weighted by Gasteiger charge is -2.34. The van der Waals surface area contributed by atoms with Gasteiger partial charge >= 0.3 is 0 Å². The van der Waals surface area contributed by atoms with Crippen molar-refractivity contribution in [1.29, 1.82) is 0 Å². The summed E-state index contributed by atoms with van der Waals surface area (Å²) in [6.07, 6.45) is 1.44. The fourth-order valence-corrected chi connectivity index (χ4v) is 3.35. The number of nitrogens with zero attached hydrogens (tertiary/aromatic N) is 1. The van der Waals surface area contributed by atoms with Gasteiger partial charge < -0.3 is 10.4 Å². The molecular weight excluding hydrogens is 335 g/mol. The van der Waals surface area contributed by atoms with Crippen LogP contribution >= 0.6 is 34.8 Å². The molecule has 1 aliphatic carbocycles. The summed E-state index contributed by atoms with van der Waals surface area (Å²) >= 11 is 17.9. The van der Waals surface area contributed by atoms with Crippen LogP contribution in [0.5, 0.6) is 0 Å². The lowest BCUT2D eigenvalue weighted by molar-refractivity contribution is -0.117. The largest absolute Gasteiger partial charge is 0.393 e. The number of rotatable bonds is 5. The van der Waals surface area contributed by atoms with Gasteiger partial charge in [0.15, 0.2) is 0 Å². The summed E-state index contributed by atoms with van der Waals surface area (Å²) in [7, 11) is 1.87. The maximum absolute atomic E-state index is 12.0. The second kappa shape index (κ2) is 7.16. The SMILES string of the molecule is CN(CC(=O)Nc1c(Cl)cc(Cl)cc1Cl)CC1CC(O)C1. The quantitative estimate of drug-likeness (QED) is 0.856. The summed E-state index contributed by atoms with van der Waals surface area (Å²) < 4.78 is 0. The highest BCUT2D eigenvalue weighted by molar-refractivity contribution is 6.42. The van der Waals surface area contributed by atoms with Crippen molar-refractivity contribution in [2.24, 2.45) is 5.92 Å². The molecule has 7 heteroatoms. The molecule has 0 saturated heterocycles. The molecule has 21 heavy (non-hydrogen) atoms. The third kappa shape index (κ3) is 4.73. The molecule has 1 fully saturated rings. The first-order valence-corrected chi connectivity index (χ1v) is 7.79. The molecule has 1 amide bonds. The van der Waals surface area contributed by atoms with E-state index in [1.54, 1.807) is 0 Å². The summed E-state index contributed by atoms with van der Waals surface area (Å²) in [6, 6.07) is 3.06. The Morgan fingerprint density at radius 3 is 2.43 bits per heavy atom. The number of benzene rings is 1. The predicted molar refractivity (Wildman–Crippen MR) is 86.3 cm³/mol. The van der Waals surface area contributed by atoms with Gasteiger partial charge in [-0.3, -0.25) is 9.69 Å². The molecule has 0 spiro atoms. The zero-order chi connectivity index (χ0) is 15.6. The average molecular weight is 352 g/mol. The Kier molecular flexibility index (Phi) is 5.74. The van der Waals surface area contributed by atoms with Crippen LogP contribution in [-0.2, 0) is 4.79 Å². The smallest absolute Gasteiger partial charge is 0.238 e. The number of aliphatic hydroxyl groups is 1. The Morgan fingerprint density at radius 2 is 1.90 bits per heavy atom. The topological polar surface area (TPSA) is 52.6 Å². The van der Waals surface area contributed by atoms with Crippen LogP contribution in [0.4, 0.5) is 5.69 Å². The van der Waals surface area contributed by atoms with E-state index in [2.05, 4.69) is 5.32 Å². The van der Waals surface area contributed by atoms with Gasteiger partial charge in [-0.15, -0.1) is 0 Å². The maximum Gasteiger partial charge on any atom is 0.238 e. The van der Waals surface area contributed by atoms with E-state index >= 15 is 0 Å². The molecule has 1 aromatic rings. The zero-order valence-electron chi connectivity index (χ0n) is 11.6. The number of hydrogen-bond acceptors (Lipinski definition) is 3. The summed E-state index contributed by atoms with van der Waals surface area (Å²) in [4.78, 5) is 13.9. The van der Waals surface area contributed by atoms with E-state index < -0.39 is 0 Å². The minimum absolute atomic E-state index is 0.177. The summed E-state index contributed by atoms with van der Waals surface area (Å²) in [5, 5.41) is 13.0. The molecule has 116 valence electrons. The van der Waals surface area contributed by atoms with Crippen LogP contribution in [0.25, 0.3) is 0 Å². The van der Waals surface area contributed by atoms with E-state index in [4.69, 9.17) is 34.8 Å². The molecular formula is C14H17Cl3N2O2. The first-order chi connectivity index (χ1) is 9.85. The van der Waals surface area contributed by atoms with Crippen molar-refractivity contribution in [3.05, 3.63) is 27.2 Å². The van der Waals surface area contributed by atoms with Gasteiger partial charge in [-0.05, 0) is 37.9 Å². The standard InChI is InChI=1S/C14H17Cl3N2O2/c1-19(6-8-2-10(20)3-8)7-13(21)18-14-11(16)4-9(15)5-12(14)17/h4-5,8,10,20H,2-3,6-7H2,1H3,(H,18,21). The van der Waals surface area contributed by atoms with Crippen molar-refractivity contribution in [2.75, 3.05) is 25.5 Å². The van der Waals surface area contributed by atoms with Crippen molar-refractivity contribution < 1.29 is 9.90 Å². The molecule has 0 heterocycles. The van der Waals surface area contributed by atoms with Crippen LogP contribution in [0, 0.1) is 5.92 Å². The number of likely N-dealkylation sites (N-methyl/N-ethyl adjacent to an activating group) is 1. The van der Waals surface area contributed by atoms with E-state index in [1.807, 2.05) is 11.9 Å². The monoisotopic (exact) mass is 350 g/mol. The molecule has 4 nitrogen and oxygen atoms in total. The first-order valence-electron chi connectivity index (χ1n) is 6.66. The minimum Gasteiger partial charge on any atom is -0.393 e. The van der Waals surface area contributed by atoms with Gasteiger partial charge in [-0.25, -0.2) is 0 Å². The average Bonchev–Trinajstić information content (AvgIpc) is 2.31. The highest BCUT2D eigenvalue weighted by Gasteiger charge is 2.28. The van der Waals surface area contributed by atoms with Crippen LogP contribution < -0.4 is 5.32 Å². The van der Waals surface area contributed by atoms with Crippen LogP contribution in [0.2, 0.25) is 15.1 Å². The zero-order valence-corrected chi connectivity index (χ0v) is 13.8. The fraction of sp³-hybridized carbons (Fsp3) is 0.500. The van der Waals surface area contributed by atoms with Gasteiger partial charge in [-0.2, -0.15) is 0 Å². The number of anilines is 1. The first kappa shape index (κ1) is 16.8. The van der Waals surface area contributed by atoms with E-state index in [0.29, 0.717) is 26.7 Å². The Bertz CT molecular complexity index is 510. The van der Waals surface area contributed by atoms with Gasteiger partial charge in [-0.1, -0.05) is 34.8 Å². The molecule has 2 N–H and O–H groups in total. The minimum atomic E-state index is -0.191. The molecule has 2 rings (SSSR count). The van der Waals surface area contributed by atoms with Crippen molar-refractivity contribution in [2.45, 2.75) is 18.9 Å². The molecule has 1 aliphatic rings. The number of nitrogens with one attached hydrogen (secondary N) is 1. The summed E-state index contributed by atoms with van der Waals surface area (Å²) in [5.41, 5.74) is 0.375. The number of aliphatic hydroxyl groups excluding tert-OH is 1. The van der Waals surface area contributed by atoms with Gasteiger partial charge in [0.05, 0.1) is 28.4 Å². The molecule has 0 radical (unpaired) electrons. The second-order valence-corrected chi connectivity index (χ2v) is 6.73. The number of carbonyl (C=O) groups is 1. The number of halogens is 3. The number of amides is 1. The molecule has 0 aliphatic heterocycles. The molecule has 0 unspecified atom stereocenters. The van der Waals surface area contributed by atoms with Gasteiger partial charge in [0.1, 0.15) is 0 Å². The van der Waals surface area contributed by atoms with Crippen molar-refractivity contribution in [3.8, 4) is 0 Å². The third-order valence-electron chi connectivity index (χ3n) is 3.47. The van der Waals surface area contributed by atoms with Gasteiger partial charge in [0.2, 0.25) is 5.91 Å². The van der Waals surface area contributed by atoms with Crippen LogP contribution in [0.15, 0.2) is 12.1 Å². The third-order valence-corrected chi connectivity index (χ3v) is 4.28. The molecule has 0 aromatic heterocycles. The van der Waals surface area contributed by atoms with E-state index in [-0.39, 0.29) is 18.6 Å². The summed E-state index contributed by atoms with van der Waals surface area (Å²) in [6.45, 7) is 1.02. The Hall–Kier alpha value is -0.520. The molecule has 1 aromatic carbocycles. The Labute approximate surface area is 139 Å². The van der Waals surface area contributed by atoms with E-state index in [0.717, 1.165) is 19.4 Å². The molecule has 0 atom stereocenters. The number of carbonyl (C=O) groups excluding carboxylic acids is 1. The van der Waals surface area contributed by atoms with E-state index in [9.17, 15) is 9.90 Å². The number of hydrogen-bond donors (Lipinski definition) is 2. The van der Waals surface area contributed by atoms with E-state index in [1.165, 1.54) is 12.1 Å². The van der Waals surface area contributed by atoms with Crippen LogP contribution in [-0.4, -0.2) is 42.2 Å². The Balaban J connectivity index is 1.87. The molecule has 1 saturated carbocycles.